The second-order valence-electron chi connectivity index (χ2n) is 8.29. The fourth-order valence-electron chi connectivity index (χ4n) is 4.76. The van der Waals surface area contributed by atoms with E-state index in [2.05, 4.69) is 15.5 Å². The normalized spacial score (nSPS) is 26.5. The molecule has 1 aromatic heterocycles. The van der Waals surface area contributed by atoms with E-state index in [1.54, 1.807) is 14.0 Å². The Bertz CT molecular complexity index is 1050. The minimum absolute atomic E-state index is 0.00851. The Balaban J connectivity index is 1.49. The smallest absolute Gasteiger partial charge is 0.234 e. The van der Waals surface area contributed by atoms with Crippen molar-refractivity contribution in [1.29, 1.82) is 0 Å². The van der Waals surface area contributed by atoms with E-state index in [1.165, 1.54) is 10.6 Å². The lowest BCUT2D eigenvalue weighted by molar-refractivity contribution is -0.121. The summed E-state index contributed by atoms with van der Waals surface area (Å²) in [6.07, 6.45) is 2.70. The highest BCUT2D eigenvalue weighted by Gasteiger charge is 2.58. The summed E-state index contributed by atoms with van der Waals surface area (Å²) in [7, 11) is -1.74. The number of methoxy groups -OCH3 is 1. The van der Waals surface area contributed by atoms with Crippen molar-refractivity contribution in [2.24, 2.45) is 5.92 Å². The molecule has 1 unspecified atom stereocenters. The first-order chi connectivity index (χ1) is 14.2. The van der Waals surface area contributed by atoms with Gasteiger partial charge in [0.1, 0.15) is 5.75 Å². The van der Waals surface area contributed by atoms with Crippen LogP contribution in [0.15, 0.2) is 28.8 Å². The Morgan fingerprint density at radius 2 is 2.23 bits per heavy atom. The first-order valence-corrected chi connectivity index (χ1v) is 11.7. The maximum atomic E-state index is 12.6. The summed E-state index contributed by atoms with van der Waals surface area (Å²) in [5, 5.41) is 7.02. The number of aromatic nitrogens is 2. The van der Waals surface area contributed by atoms with Gasteiger partial charge in [-0.15, -0.1) is 0 Å². The molecule has 4 rings (SSSR count). The van der Waals surface area contributed by atoms with Gasteiger partial charge in [-0.05, 0) is 43.4 Å². The molecule has 162 valence electrons. The van der Waals surface area contributed by atoms with Crippen LogP contribution in [0.1, 0.15) is 30.1 Å². The maximum Gasteiger partial charge on any atom is 0.234 e. The van der Waals surface area contributed by atoms with Crippen molar-refractivity contribution in [2.45, 2.75) is 37.6 Å². The van der Waals surface area contributed by atoms with E-state index >= 15 is 0 Å². The number of sulfonamides is 1. The van der Waals surface area contributed by atoms with Crippen LogP contribution in [-0.4, -0.2) is 61.3 Å². The fraction of sp³-hybridized carbons (Fsp3) is 0.550. The highest BCUT2D eigenvalue weighted by molar-refractivity contribution is 7.88. The second-order valence-corrected chi connectivity index (χ2v) is 10.3. The number of rotatable bonds is 6. The molecule has 2 aromatic rings. The Morgan fingerprint density at radius 3 is 2.90 bits per heavy atom. The summed E-state index contributed by atoms with van der Waals surface area (Å²) >= 11 is 0. The van der Waals surface area contributed by atoms with Crippen LogP contribution in [0.3, 0.4) is 0 Å². The van der Waals surface area contributed by atoms with Crippen molar-refractivity contribution in [3.05, 3.63) is 41.5 Å². The van der Waals surface area contributed by atoms with Crippen molar-refractivity contribution in [3.63, 3.8) is 0 Å². The molecular formula is C20H26N4O5S. The summed E-state index contributed by atoms with van der Waals surface area (Å²) in [5.41, 5.74) is 0.300. The van der Waals surface area contributed by atoms with Crippen LogP contribution in [0.25, 0.3) is 0 Å². The van der Waals surface area contributed by atoms with Crippen LogP contribution in [-0.2, 0) is 26.7 Å². The standard InChI is InChI=1S/C20H26N4O5S/c1-13-21-19(29-23-13)20-10-16(9-15(20)11-24(12-20)30(3,26)27)22-18(25)8-14-5-4-6-17(7-14)28-2/h4-7,15-16H,8-12H2,1-3H3,(H,22,25)/t15?,16-,20+/m1/s1. The van der Waals surface area contributed by atoms with Gasteiger partial charge in [-0.2, -0.15) is 4.98 Å². The van der Waals surface area contributed by atoms with Crippen molar-refractivity contribution < 1.29 is 22.5 Å². The highest BCUT2D eigenvalue weighted by Crippen LogP contribution is 2.50. The zero-order valence-corrected chi connectivity index (χ0v) is 18.1. The van der Waals surface area contributed by atoms with Crippen LogP contribution in [0.2, 0.25) is 0 Å². The van der Waals surface area contributed by atoms with Crippen molar-refractivity contribution in [1.82, 2.24) is 19.8 Å². The molecule has 30 heavy (non-hydrogen) atoms. The van der Waals surface area contributed by atoms with Gasteiger partial charge in [0, 0.05) is 19.1 Å². The maximum absolute atomic E-state index is 12.6. The largest absolute Gasteiger partial charge is 0.497 e. The first kappa shape index (κ1) is 20.8. The molecule has 1 aliphatic carbocycles. The summed E-state index contributed by atoms with van der Waals surface area (Å²) in [5.74, 6) is 1.61. The molecule has 1 amide bonds. The molecule has 0 spiro atoms. The molecule has 3 atom stereocenters. The van der Waals surface area contributed by atoms with Gasteiger partial charge in [0.05, 0.1) is 25.2 Å². The average Bonchev–Trinajstić information content (AvgIpc) is 3.34. The van der Waals surface area contributed by atoms with Gasteiger partial charge < -0.3 is 14.6 Å². The minimum Gasteiger partial charge on any atom is -0.497 e. The number of ether oxygens (including phenoxy) is 1. The van der Waals surface area contributed by atoms with E-state index in [0.717, 1.165) is 5.56 Å². The van der Waals surface area contributed by atoms with Gasteiger partial charge in [0.15, 0.2) is 5.82 Å². The molecule has 1 aliphatic heterocycles. The lowest BCUT2D eigenvalue weighted by Crippen LogP contribution is -2.39. The number of hydrogen-bond donors (Lipinski definition) is 1. The van der Waals surface area contributed by atoms with Gasteiger partial charge in [-0.3, -0.25) is 4.79 Å². The molecule has 1 saturated carbocycles. The number of fused-ring (bicyclic) bond motifs is 1. The van der Waals surface area contributed by atoms with Gasteiger partial charge in [0.25, 0.3) is 0 Å². The van der Waals surface area contributed by atoms with E-state index in [0.29, 0.717) is 43.4 Å². The SMILES string of the molecule is COc1cccc(CC(=O)N[C@@H]2CC3CN(S(C)(=O)=O)C[C@@]3(c3nc(C)no3)C2)c1. The number of amides is 1. The van der Waals surface area contributed by atoms with Gasteiger partial charge >= 0.3 is 0 Å². The number of carbonyl (C=O) groups excluding carboxylic acids is 1. The Hall–Kier alpha value is -2.46. The van der Waals surface area contributed by atoms with E-state index in [-0.39, 0.29) is 24.3 Å². The molecule has 2 heterocycles. The van der Waals surface area contributed by atoms with Crippen LogP contribution in [0.5, 0.6) is 5.75 Å². The topological polar surface area (TPSA) is 115 Å². The molecule has 0 radical (unpaired) electrons. The number of aryl methyl sites for hydroxylation is 1. The number of benzene rings is 1. The lowest BCUT2D eigenvalue weighted by atomic mass is 9.80. The van der Waals surface area contributed by atoms with Crippen molar-refractivity contribution in [3.8, 4) is 5.75 Å². The van der Waals surface area contributed by atoms with Crippen LogP contribution < -0.4 is 10.1 Å². The molecule has 9 nitrogen and oxygen atoms in total. The number of carbonyl (C=O) groups is 1. The summed E-state index contributed by atoms with van der Waals surface area (Å²) in [4.78, 5) is 17.1. The van der Waals surface area contributed by atoms with E-state index < -0.39 is 15.4 Å². The third-order valence-corrected chi connectivity index (χ3v) is 7.35. The molecule has 2 aliphatic rings. The summed E-state index contributed by atoms with van der Waals surface area (Å²) in [6.45, 7) is 2.42. The Kier molecular flexibility index (Phi) is 5.31. The van der Waals surface area contributed by atoms with Gasteiger partial charge in [-0.25, -0.2) is 12.7 Å². The molecule has 0 bridgehead atoms. The molecular weight excluding hydrogens is 408 g/mol. The summed E-state index contributed by atoms with van der Waals surface area (Å²) in [6, 6.07) is 7.34. The Morgan fingerprint density at radius 1 is 1.43 bits per heavy atom. The first-order valence-electron chi connectivity index (χ1n) is 9.88. The number of hydrogen-bond acceptors (Lipinski definition) is 7. The zero-order chi connectivity index (χ0) is 21.5. The molecule has 2 fully saturated rings. The third-order valence-electron chi connectivity index (χ3n) is 6.13. The monoisotopic (exact) mass is 434 g/mol. The summed E-state index contributed by atoms with van der Waals surface area (Å²) < 4.78 is 36.4. The average molecular weight is 435 g/mol. The third kappa shape index (κ3) is 3.93. The number of nitrogens with zero attached hydrogens (tertiary/aromatic N) is 3. The lowest BCUT2D eigenvalue weighted by Gasteiger charge is -2.24. The van der Waals surface area contributed by atoms with E-state index in [9.17, 15) is 13.2 Å². The van der Waals surface area contributed by atoms with E-state index in [4.69, 9.17) is 9.26 Å². The fourth-order valence-corrected chi connectivity index (χ4v) is 5.68. The van der Waals surface area contributed by atoms with Crippen molar-refractivity contribution >= 4 is 15.9 Å². The van der Waals surface area contributed by atoms with Gasteiger partial charge in [-0.1, -0.05) is 17.3 Å². The zero-order valence-electron chi connectivity index (χ0n) is 17.3. The predicted octanol–water partition coefficient (Wildman–Crippen LogP) is 1.04. The number of nitrogens with one attached hydrogen (secondary N) is 1. The predicted molar refractivity (Wildman–Crippen MR) is 108 cm³/mol. The molecule has 1 aromatic carbocycles. The molecule has 1 saturated heterocycles. The minimum atomic E-state index is -3.33. The Labute approximate surface area is 175 Å². The second kappa shape index (κ2) is 7.66. The van der Waals surface area contributed by atoms with Crippen LogP contribution in [0.4, 0.5) is 0 Å². The highest BCUT2D eigenvalue weighted by atomic mass is 32.2. The van der Waals surface area contributed by atoms with Gasteiger partial charge in [0.2, 0.25) is 21.8 Å². The molecule has 1 N–H and O–H groups in total. The van der Waals surface area contributed by atoms with Crippen LogP contribution >= 0.6 is 0 Å². The van der Waals surface area contributed by atoms with E-state index in [1.807, 2.05) is 24.3 Å². The quantitative estimate of drug-likeness (QED) is 0.722. The van der Waals surface area contributed by atoms with Crippen LogP contribution in [0, 0.1) is 12.8 Å². The van der Waals surface area contributed by atoms with Crippen molar-refractivity contribution in [2.75, 3.05) is 26.5 Å². The molecule has 10 heteroatoms.